The van der Waals surface area contributed by atoms with Gasteiger partial charge in [0.25, 0.3) is 0 Å². The Kier molecular flexibility index (Phi) is 3.37. The zero-order chi connectivity index (χ0) is 12.5. The maximum atomic E-state index is 5.87. The van der Waals surface area contributed by atoms with Gasteiger partial charge in [0.1, 0.15) is 5.76 Å². The van der Waals surface area contributed by atoms with Crippen LogP contribution in [0, 0.1) is 6.92 Å². The van der Waals surface area contributed by atoms with Crippen molar-refractivity contribution >= 4 is 0 Å². The Hall–Kier alpha value is -0.910. The predicted octanol–water partition coefficient (Wildman–Crippen LogP) is 1.36. The van der Waals surface area contributed by atoms with E-state index in [4.69, 9.17) is 14.0 Å². The Balaban J connectivity index is 1.69. The molecule has 0 amide bonds. The molecule has 1 aromatic rings. The lowest BCUT2D eigenvalue weighted by atomic mass is 10.1. The molecule has 1 saturated heterocycles. The smallest absolute Gasteiger partial charge is 0.133 e. The first-order valence-electron chi connectivity index (χ1n) is 6.58. The molecule has 5 heteroatoms. The number of morpholine rings is 1. The van der Waals surface area contributed by atoms with Crippen LogP contribution in [-0.2, 0) is 16.0 Å². The average Bonchev–Trinajstić information content (AvgIpc) is 2.96. The summed E-state index contributed by atoms with van der Waals surface area (Å²) in [5.41, 5.74) is 1.01. The normalized spacial score (nSPS) is 32.7. The summed E-state index contributed by atoms with van der Waals surface area (Å²) in [7, 11) is 1.77. The topological polar surface area (TPSA) is 47.7 Å². The molecule has 0 radical (unpaired) electrons. The summed E-state index contributed by atoms with van der Waals surface area (Å²) in [5.74, 6) is 0.871. The van der Waals surface area contributed by atoms with Crippen molar-refractivity contribution < 1.29 is 14.0 Å². The van der Waals surface area contributed by atoms with Crippen molar-refractivity contribution in [2.45, 2.75) is 44.6 Å². The second-order valence-electron chi connectivity index (χ2n) is 5.15. The lowest BCUT2D eigenvalue weighted by molar-refractivity contribution is -0.107. The molecule has 0 N–H and O–H groups in total. The number of fused-ring (bicyclic) bond motifs is 1. The second kappa shape index (κ2) is 4.99. The van der Waals surface area contributed by atoms with Gasteiger partial charge < -0.3 is 14.0 Å². The standard InChI is InChI=1S/C13H20N2O3/c1-9-7-10(14-18-9)8-15-5-6-17-13-11(15)3-4-12(13)16-2/h7,11-13H,3-6,8H2,1-2H3/t11-,12+,13+/m0/s1. The van der Waals surface area contributed by atoms with Crippen LogP contribution in [0.5, 0.6) is 0 Å². The van der Waals surface area contributed by atoms with Gasteiger partial charge in [-0.1, -0.05) is 5.16 Å². The van der Waals surface area contributed by atoms with Crippen molar-refractivity contribution in [3.63, 3.8) is 0 Å². The van der Waals surface area contributed by atoms with E-state index in [1.807, 2.05) is 13.0 Å². The van der Waals surface area contributed by atoms with Crippen LogP contribution in [-0.4, -0.2) is 48.6 Å². The monoisotopic (exact) mass is 252 g/mol. The summed E-state index contributed by atoms with van der Waals surface area (Å²) in [5, 5.41) is 4.07. The first kappa shape index (κ1) is 12.1. The average molecular weight is 252 g/mol. The lowest BCUT2D eigenvalue weighted by Crippen LogP contribution is -2.51. The molecular formula is C13H20N2O3. The van der Waals surface area contributed by atoms with Crippen LogP contribution in [0.15, 0.2) is 10.6 Å². The van der Waals surface area contributed by atoms with Gasteiger partial charge >= 0.3 is 0 Å². The van der Waals surface area contributed by atoms with E-state index < -0.39 is 0 Å². The summed E-state index contributed by atoms with van der Waals surface area (Å²) in [6.07, 6.45) is 2.69. The summed E-state index contributed by atoms with van der Waals surface area (Å²) in [6.45, 7) is 4.51. The molecule has 2 fully saturated rings. The van der Waals surface area contributed by atoms with Crippen LogP contribution in [0.3, 0.4) is 0 Å². The SMILES string of the molecule is CO[C@@H]1CC[C@H]2[C@H]1OCCN2Cc1cc(C)on1. The second-order valence-corrected chi connectivity index (χ2v) is 5.15. The summed E-state index contributed by atoms with van der Waals surface area (Å²) >= 11 is 0. The third-order valence-electron chi connectivity index (χ3n) is 4.00. The molecule has 2 heterocycles. The summed E-state index contributed by atoms with van der Waals surface area (Å²) < 4.78 is 16.5. The van der Waals surface area contributed by atoms with E-state index in [1.165, 1.54) is 0 Å². The van der Waals surface area contributed by atoms with Gasteiger partial charge in [0.05, 0.1) is 24.5 Å². The van der Waals surface area contributed by atoms with Crippen molar-refractivity contribution in [1.29, 1.82) is 0 Å². The zero-order valence-electron chi connectivity index (χ0n) is 11.0. The molecular weight excluding hydrogens is 232 g/mol. The van der Waals surface area contributed by atoms with E-state index in [0.717, 1.165) is 44.0 Å². The largest absolute Gasteiger partial charge is 0.379 e. The highest BCUT2D eigenvalue weighted by atomic mass is 16.5. The van der Waals surface area contributed by atoms with E-state index >= 15 is 0 Å². The van der Waals surface area contributed by atoms with Gasteiger partial charge in [0.2, 0.25) is 0 Å². The lowest BCUT2D eigenvalue weighted by Gasteiger charge is -2.38. The Morgan fingerprint density at radius 2 is 2.39 bits per heavy atom. The zero-order valence-corrected chi connectivity index (χ0v) is 11.0. The molecule has 2 aliphatic rings. The van der Waals surface area contributed by atoms with Crippen molar-refractivity contribution in [3.05, 3.63) is 17.5 Å². The minimum atomic E-state index is 0.219. The number of methoxy groups -OCH3 is 1. The number of ether oxygens (including phenoxy) is 2. The van der Waals surface area contributed by atoms with Gasteiger partial charge in [-0.2, -0.15) is 0 Å². The Morgan fingerprint density at radius 3 is 3.11 bits per heavy atom. The summed E-state index contributed by atoms with van der Waals surface area (Å²) in [6, 6.07) is 2.47. The summed E-state index contributed by atoms with van der Waals surface area (Å²) in [4.78, 5) is 2.45. The third-order valence-corrected chi connectivity index (χ3v) is 4.00. The third kappa shape index (κ3) is 2.18. The molecule has 1 aromatic heterocycles. The van der Waals surface area contributed by atoms with Crippen LogP contribution in [0.4, 0.5) is 0 Å². The van der Waals surface area contributed by atoms with Gasteiger partial charge in [-0.3, -0.25) is 4.90 Å². The number of rotatable bonds is 3. The molecule has 1 aliphatic carbocycles. The first-order valence-corrected chi connectivity index (χ1v) is 6.58. The van der Waals surface area contributed by atoms with Crippen molar-refractivity contribution in [2.75, 3.05) is 20.3 Å². The molecule has 0 unspecified atom stereocenters. The molecule has 5 nitrogen and oxygen atoms in total. The van der Waals surface area contributed by atoms with Gasteiger partial charge in [-0.05, 0) is 19.8 Å². The van der Waals surface area contributed by atoms with E-state index in [-0.39, 0.29) is 12.2 Å². The van der Waals surface area contributed by atoms with Gasteiger partial charge in [-0.25, -0.2) is 0 Å². The van der Waals surface area contributed by atoms with Crippen LogP contribution < -0.4 is 0 Å². The molecule has 18 heavy (non-hydrogen) atoms. The van der Waals surface area contributed by atoms with Crippen LogP contribution in [0.2, 0.25) is 0 Å². The quantitative estimate of drug-likeness (QED) is 0.813. The maximum absolute atomic E-state index is 5.87. The maximum Gasteiger partial charge on any atom is 0.133 e. The molecule has 100 valence electrons. The molecule has 0 bridgehead atoms. The molecule has 0 aromatic carbocycles. The van der Waals surface area contributed by atoms with E-state index in [1.54, 1.807) is 7.11 Å². The van der Waals surface area contributed by atoms with Crippen LogP contribution in [0.25, 0.3) is 0 Å². The fourth-order valence-electron chi connectivity index (χ4n) is 3.14. The Bertz CT molecular complexity index is 407. The predicted molar refractivity (Wildman–Crippen MR) is 65.2 cm³/mol. The fourth-order valence-corrected chi connectivity index (χ4v) is 3.14. The minimum Gasteiger partial charge on any atom is -0.379 e. The molecule has 1 saturated carbocycles. The number of aromatic nitrogens is 1. The Morgan fingerprint density at radius 1 is 1.50 bits per heavy atom. The van der Waals surface area contributed by atoms with Crippen LogP contribution >= 0.6 is 0 Å². The first-order chi connectivity index (χ1) is 8.78. The van der Waals surface area contributed by atoms with Gasteiger partial charge in [0.15, 0.2) is 0 Å². The fraction of sp³-hybridized carbons (Fsp3) is 0.769. The van der Waals surface area contributed by atoms with Gasteiger partial charge in [0, 0.05) is 32.3 Å². The van der Waals surface area contributed by atoms with Crippen molar-refractivity contribution in [2.24, 2.45) is 0 Å². The molecule has 3 rings (SSSR count). The highest BCUT2D eigenvalue weighted by molar-refractivity contribution is 5.05. The molecule has 0 spiro atoms. The molecule has 3 atom stereocenters. The highest BCUT2D eigenvalue weighted by Crippen LogP contribution is 2.32. The van der Waals surface area contributed by atoms with E-state index in [2.05, 4.69) is 10.1 Å². The van der Waals surface area contributed by atoms with Crippen LogP contribution in [0.1, 0.15) is 24.3 Å². The van der Waals surface area contributed by atoms with Crippen molar-refractivity contribution in [3.8, 4) is 0 Å². The number of hydrogen-bond acceptors (Lipinski definition) is 5. The van der Waals surface area contributed by atoms with E-state index in [9.17, 15) is 0 Å². The number of aryl methyl sites for hydroxylation is 1. The molecule has 1 aliphatic heterocycles. The highest BCUT2D eigenvalue weighted by Gasteiger charge is 2.42. The van der Waals surface area contributed by atoms with Crippen molar-refractivity contribution in [1.82, 2.24) is 10.1 Å². The van der Waals surface area contributed by atoms with Gasteiger partial charge in [-0.15, -0.1) is 0 Å². The number of hydrogen-bond donors (Lipinski definition) is 0. The number of nitrogens with zero attached hydrogens (tertiary/aromatic N) is 2. The van der Waals surface area contributed by atoms with E-state index in [0.29, 0.717) is 6.04 Å². The Labute approximate surface area is 107 Å². The minimum absolute atomic E-state index is 0.219.